The molecule has 0 fully saturated rings. The summed E-state index contributed by atoms with van der Waals surface area (Å²) in [7, 11) is 0. The summed E-state index contributed by atoms with van der Waals surface area (Å²) in [5, 5.41) is 12.3. The molecule has 2 aromatic rings. The van der Waals surface area contributed by atoms with Gasteiger partial charge in [0, 0.05) is 23.5 Å². The van der Waals surface area contributed by atoms with Crippen molar-refractivity contribution in [1.29, 1.82) is 0 Å². The Morgan fingerprint density at radius 2 is 2.00 bits per heavy atom. The zero-order valence-corrected chi connectivity index (χ0v) is 10.6. The third-order valence-corrected chi connectivity index (χ3v) is 3.53. The smallest absolute Gasteiger partial charge is 0.115 e. The highest BCUT2D eigenvalue weighted by Gasteiger charge is 2.08. The summed E-state index contributed by atoms with van der Waals surface area (Å²) in [6.07, 6.45) is 1.61. The molecule has 0 aliphatic carbocycles. The van der Waals surface area contributed by atoms with Gasteiger partial charge in [-0.1, -0.05) is 12.1 Å². The van der Waals surface area contributed by atoms with Gasteiger partial charge in [0.1, 0.15) is 5.75 Å². The molecule has 17 heavy (non-hydrogen) atoms. The van der Waals surface area contributed by atoms with Crippen LogP contribution in [-0.4, -0.2) is 16.1 Å². The normalized spacial score (nSPS) is 12.6. The number of thiazole rings is 1. The molecule has 0 saturated heterocycles. The molecule has 0 aliphatic rings. The number of aromatic hydroxyl groups is 1. The molecule has 1 aromatic carbocycles. The van der Waals surface area contributed by atoms with E-state index in [0.29, 0.717) is 0 Å². The molecule has 1 unspecified atom stereocenters. The standard InChI is InChI=1S/C13H16N2OS/c1-9-8-17-13(15-9)7-11(14)6-10-2-4-12(16)5-3-10/h2-5,8,11,16H,6-7,14H2,1H3. The van der Waals surface area contributed by atoms with Crippen molar-refractivity contribution >= 4 is 11.3 Å². The Hall–Kier alpha value is -1.39. The third kappa shape index (κ3) is 3.54. The van der Waals surface area contributed by atoms with E-state index in [1.54, 1.807) is 23.5 Å². The maximum atomic E-state index is 9.19. The minimum absolute atomic E-state index is 0.0742. The van der Waals surface area contributed by atoms with Gasteiger partial charge < -0.3 is 10.8 Å². The molecule has 1 aromatic heterocycles. The van der Waals surface area contributed by atoms with E-state index >= 15 is 0 Å². The molecule has 0 aliphatic heterocycles. The van der Waals surface area contributed by atoms with Crippen LogP contribution in [0.3, 0.4) is 0 Å². The second-order valence-electron chi connectivity index (χ2n) is 4.22. The Morgan fingerprint density at radius 3 is 2.59 bits per heavy atom. The number of nitrogens with two attached hydrogens (primary N) is 1. The van der Waals surface area contributed by atoms with Crippen molar-refractivity contribution < 1.29 is 5.11 Å². The summed E-state index contributed by atoms with van der Waals surface area (Å²) in [4.78, 5) is 4.40. The predicted molar refractivity (Wildman–Crippen MR) is 70.3 cm³/mol. The van der Waals surface area contributed by atoms with Gasteiger partial charge in [0.15, 0.2) is 0 Å². The zero-order valence-electron chi connectivity index (χ0n) is 9.76. The third-order valence-electron chi connectivity index (χ3n) is 2.54. The zero-order chi connectivity index (χ0) is 12.3. The molecule has 0 radical (unpaired) electrons. The Morgan fingerprint density at radius 1 is 1.29 bits per heavy atom. The summed E-state index contributed by atoms with van der Waals surface area (Å²) in [6, 6.07) is 7.26. The highest BCUT2D eigenvalue weighted by molar-refractivity contribution is 7.09. The number of aryl methyl sites for hydroxylation is 1. The lowest BCUT2D eigenvalue weighted by Gasteiger charge is -2.09. The van der Waals surface area contributed by atoms with Crippen LogP contribution in [0.2, 0.25) is 0 Å². The van der Waals surface area contributed by atoms with Crippen LogP contribution >= 0.6 is 11.3 Å². The summed E-state index contributed by atoms with van der Waals surface area (Å²) in [6.45, 7) is 1.99. The predicted octanol–water partition coefficient (Wildman–Crippen LogP) is 2.27. The van der Waals surface area contributed by atoms with Gasteiger partial charge in [-0.05, 0) is 31.0 Å². The van der Waals surface area contributed by atoms with E-state index in [9.17, 15) is 5.11 Å². The van der Waals surface area contributed by atoms with Crippen molar-refractivity contribution in [1.82, 2.24) is 4.98 Å². The first-order valence-electron chi connectivity index (χ1n) is 5.58. The van der Waals surface area contributed by atoms with Crippen LogP contribution in [0.1, 0.15) is 16.3 Å². The first-order valence-corrected chi connectivity index (χ1v) is 6.46. The highest BCUT2D eigenvalue weighted by Crippen LogP contribution is 2.14. The maximum Gasteiger partial charge on any atom is 0.115 e. The maximum absolute atomic E-state index is 9.19. The molecule has 0 bridgehead atoms. The lowest BCUT2D eigenvalue weighted by Crippen LogP contribution is -2.25. The molecule has 90 valence electrons. The summed E-state index contributed by atoms with van der Waals surface area (Å²) >= 11 is 1.66. The molecular formula is C13H16N2OS. The highest BCUT2D eigenvalue weighted by atomic mass is 32.1. The summed E-state index contributed by atoms with van der Waals surface area (Å²) < 4.78 is 0. The fourth-order valence-corrected chi connectivity index (χ4v) is 2.59. The number of hydrogen-bond donors (Lipinski definition) is 2. The quantitative estimate of drug-likeness (QED) is 0.872. The van der Waals surface area contributed by atoms with Crippen LogP contribution in [0.5, 0.6) is 5.75 Å². The first kappa shape index (κ1) is 12.1. The van der Waals surface area contributed by atoms with Crippen molar-refractivity contribution in [2.24, 2.45) is 5.73 Å². The monoisotopic (exact) mass is 248 g/mol. The molecule has 4 heteroatoms. The van der Waals surface area contributed by atoms with Crippen LogP contribution in [0, 0.1) is 6.92 Å². The Labute approximate surface area is 105 Å². The lowest BCUT2D eigenvalue weighted by atomic mass is 10.0. The van der Waals surface area contributed by atoms with E-state index in [1.807, 2.05) is 24.4 Å². The second-order valence-corrected chi connectivity index (χ2v) is 5.16. The van der Waals surface area contributed by atoms with Crippen molar-refractivity contribution in [3.8, 4) is 5.75 Å². The number of phenols is 1. The molecule has 0 amide bonds. The Balaban J connectivity index is 1.93. The van der Waals surface area contributed by atoms with Crippen LogP contribution in [-0.2, 0) is 12.8 Å². The fourth-order valence-electron chi connectivity index (χ4n) is 1.73. The van der Waals surface area contributed by atoms with Gasteiger partial charge in [0.05, 0.1) is 5.01 Å². The van der Waals surface area contributed by atoms with Gasteiger partial charge in [-0.2, -0.15) is 0 Å². The first-order chi connectivity index (χ1) is 8.13. The summed E-state index contributed by atoms with van der Waals surface area (Å²) in [5.74, 6) is 0.290. The molecule has 3 nitrogen and oxygen atoms in total. The molecule has 0 saturated carbocycles. The molecule has 1 heterocycles. The number of nitrogens with zero attached hydrogens (tertiary/aromatic N) is 1. The van der Waals surface area contributed by atoms with E-state index < -0.39 is 0 Å². The van der Waals surface area contributed by atoms with Crippen molar-refractivity contribution in [2.45, 2.75) is 25.8 Å². The number of aromatic nitrogens is 1. The van der Waals surface area contributed by atoms with Gasteiger partial charge in [0.2, 0.25) is 0 Å². The van der Waals surface area contributed by atoms with E-state index in [-0.39, 0.29) is 11.8 Å². The van der Waals surface area contributed by atoms with Gasteiger partial charge in [-0.25, -0.2) is 4.98 Å². The van der Waals surface area contributed by atoms with Gasteiger partial charge in [-0.15, -0.1) is 11.3 Å². The van der Waals surface area contributed by atoms with Crippen LogP contribution in [0.25, 0.3) is 0 Å². The van der Waals surface area contributed by atoms with E-state index in [2.05, 4.69) is 4.98 Å². The fraction of sp³-hybridized carbons (Fsp3) is 0.308. The SMILES string of the molecule is Cc1csc(CC(N)Cc2ccc(O)cc2)n1. The summed E-state index contributed by atoms with van der Waals surface area (Å²) in [5.41, 5.74) is 8.29. The average Bonchev–Trinajstić information content (AvgIpc) is 2.67. The number of benzene rings is 1. The second kappa shape index (κ2) is 5.29. The van der Waals surface area contributed by atoms with Gasteiger partial charge >= 0.3 is 0 Å². The van der Waals surface area contributed by atoms with Crippen LogP contribution in [0.15, 0.2) is 29.6 Å². The number of hydrogen-bond acceptors (Lipinski definition) is 4. The number of phenolic OH excluding ortho intramolecular Hbond substituents is 1. The molecule has 2 rings (SSSR count). The molecule has 3 N–H and O–H groups in total. The van der Waals surface area contributed by atoms with Crippen molar-refractivity contribution in [3.05, 3.63) is 45.9 Å². The number of rotatable bonds is 4. The topological polar surface area (TPSA) is 59.1 Å². The lowest BCUT2D eigenvalue weighted by molar-refractivity contribution is 0.475. The Bertz CT molecular complexity index is 478. The molecule has 1 atom stereocenters. The largest absolute Gasteiger partial charge is 0.508 e. The Kier molecular flexibility index (Phi) is 3.76. The van der Waals surface area contributed by atoms with E-state index in [1.165, 1.54) is 0 Å². The molecular weight excluding hydrogens is 232 g/mol. The van der Waals surface area contributed by atoms with E-state index in [0.717, 1.165) is 29.1 Å². The van der Waals surface area contributed by atoms with Crippen LogP contribution < -0.4 is 5.73 Å². The van der Waals surface area contributed by atoms with Gasteiger partial charge in [-0.3, -0.25) is 0 Å². The van der Waals surface area contributed by atoms with E-state index in [4.69, 9.17) is 5.73 Å². The van der Waals surface area contributed by atoms with Gasteiger partial charge in [0.25, 0.3) is 0 Å². The van der Waals surface area contributed by atoms with Crippen molar-refractivity contribution in [3.63, 3.8) is 0 Å². The minimum atomic E-state index is 0.0742. The molecule has 0 spiro atoms. The minimum Gasteiger partial charge on any atom is -0.508 e. The van der Waals surface area contributed by atoms with Crippen molar-refractivity contribution in [2.75, 3.05) is 0 Å². The van der Waals surface area contributed by atoms with Crippen LogP contribution in [0.4, 0.5) is 0 Å². The average molecular weight is 248 g/mol.